The summed E-state index contributed by atoms with van der Waals surface area (Å²) < 4.78 is 5.02. The Bertz CT molecular complexity index is 461. The van der Waals surface area contributed by atoms with E-state index < -0.39 is 5.54 Å². The van der Waals surface area contributed by atoms with Crippen LogP contribution in [0.2, 0.25) is 0 Å². The summed E-state index contributed by atoms with van der Waals surface area (Å²) in [5, 5.41) is 3.56. The molecule has 1 heterocycles. The van der Waals surface area contributed by atoms with E-state index in [1.54, 1.807) is 0 Å². The second-order valence-electron chi connectivity index (χ2n) is 5.31. The predicted molar refractivity (Wildman–Crippen MR) is 70.1 cm³/mol. The van der Waals surface area contributed by atoms with E-state index in [0.29, 0.717) is 12.5 Å². The highest BCUT2D eigenvalue weighted by Gasteiger charge is 2.47. The van der Waals surface area contributed by atoms with Crippen LogP contribution in [0.4, 0.5) is 0 Å². The summed E-state index contributed by atoms with van der Waals surface area (Å²) >= 11 is 0. The fraction of sp³-hybridized carbons (Fsp3) is 0.533. The highest BCUT2D eigenvalue weighted by atomic mass is 16.5. The summed E-state index contributed by atoms with van der Waals surface area (Å²) in [7, 11) is 1.47. The van der Waals surface area contributed by atoms with Gasteiger partial charge < -0.3 is 4.74 Å². The molecule has 1 fully saturated rings. The second kappa shape index (κ2) is 4.39. The van der Waals surface area contributed by atoms with Crippen LogP contribution in [0.5, 0.6) is 0 Å². The minimum absolute atomic E-state index is 0.168. The summed E-state index contributed by atoms with van der Waals surface area (Å²) in [5.41, 5.74) is 1.86. The summed E-state index contributed by atoms with van der Waals surface area (Å²) in [6.45, 7) is 0. The van der Waals surface area contributed by atoms with Gasteiger partial charge in [-0.1, -0.05) is 36.3 Å². The van der Waals surface area contributed by atoms with Crippen LogP contribution in [0.3, 0.4) is 0 Å². The third-order valence-electron chi connectivity index (χ3n) is 4.28. The van der Waals surface area contributed by atoms with Crippen molar-refractivity contribution < 1.29 is 9.53 Å². The fourth-order valence-electron chi connectivity index (χ4n) is 3.30. The van der Waals surface area contributed by atoms with Gasteiger partial charge >= 0.3 is 5.97 Å². The zero-order valence-electron chi connectivity index (χ0n) is 10.7. The summed E-state index contributed by atoms with van der Waals surface area (Å²) in [6, 6.07) is 0.349. The molecule has 0 saturated heterocycles. The van der Waals surface area contributed by atoms with Crippen LogP contribution < -0.4 is 5.32 Å². The third-order valence-corrected chi connectivity index (χ3v) is 4.28. The molecule has 96 valence electrons. The largest absolute Gasteiger partial charge is 0.467 e. The van der Waals surface area contributed by atoms with E-state index in [1.165, 1.54) is 25.5 Å². The van der Waals surface area contributed by atoms with E-state index in [4.69, 9.17) is 4.74 Å². The van der Waals surface area contributed by atoms with Gasteiger partial charge in [-0.15, -0.1) is 0 Å². The number of hydrogen-bond donors (Lipinski definition) is 1. The highest BCUT2D eigenvalue weighted by molar-refractivity contribution is 5.87. The topological polar surface area (TPSA) is 38.3 Å². The molecule has 1 N–H and O–H groups in total. The van der Waals surface area contributed by atoms with Gasteiger partial charge in [-0.3, -0.25) is 5.32 Å². The Morgan fingerprint density at radius 1 is 1.50 bits per heavy atom. The maximum atomic E-state index is 12.2. The lowest BCUT2D eigenvalue weighted by Gasteiger charge is -2.43. The standard InChI is InChI=1S/C15H19NO2/c1-18-14(17)15-9-5-4-7-12(15)10-11-6-2-3-8-13(11)16-15/h4-5,7,10,13,16H,2-3,6,8-9H2,1H3/t13-,15-/m0/s1. The molecule has 0 aromatic rings. The maximum absolute atomic E-state index is 12.2. The first-order valence-corrected chi connectivity index (χ1v) is 6.70. The lowest BCUT2D eigenvalue weighted by atomic mass is 9.74. The van der Waals surface area contributed by atoms with Gasteiger partial charge in [-0.25, -0.2) is 4.79 Å². The normalized spacial score (nSPS) is 33.9. The summed E-state index contributed by atoms with van der Waals surface area (Å²) in [5.74, 6) is -0.168. The van der Waals surface area contributed by atoms with Gasteiger partial charge in [0.15, 0.2) is 0 Å². The highest BCUT2D eigenvalue weighted by Crippen LogP contribution is 2.38. The van der Waals surface area contributed by atoms with Gasteiger partial charge in [-0.05, 0) is 31.3 Å². The number of ether oxygens (including phenoxy) is 1. The van der Waals surface area contributed by atoms with Crippen molar-refractivity contribution in [1.82, 2.24) is 5.32 Å². The maximum Gasteiger partial charge on any atom is 0.331 e. The number of carbonyl (C=O) groups is 1. The average Bonchev–Trinajstić information content (AvgIpc) is 2.43. The molecular formula is C15H19NO2. The third kappa shape index (κ3) is 1.65. The van der Waals surface area contributed by atoms with E-state index in [1.807, 2.05) is 18.2 Å². The number of esters is 1. The minimum atomic E-state index is -0.644. The van der Waals surface area contributed by atoms with Crippen LogP contribution in [0.15, 0.2) is 35.5 Å². The molecule has 0 aromatic heterocycles. The Labute approximate surface area is 108 Å². The molecular weight excluding hydrogens is 226 g/mol. The zero-order valence-corrected chi connectivity index (χ0v) is 10.7. The number of fused-ring (bicyclic) bond motifs is 2. The SMILES string of the molecule is COC(=O)[C@]12CC=CC=C1C=C1CCCC[C@@H]1N2. The van der Waals surface area contributed by atoms with Crippen LogP contribution in [0.25, 0.3) is 0 Å². The van der Waals surface area contributed by atoms with Crippen LogP contribution in [0.1, 0.15) is 32.1 Å². The summed E-state index contributed by atoms with van der Waals surface area (Å²) in [6.07, 6.45) is 13.8. The van der Waals surface area contributed by atoms with Crippen molar-refractivity contribution in [2.75, 3.05) is 7.11 Å². The molecule has 1 saturated carbocycles. The Morgan fingerprint density at radius 2 is 2.39 bits per heavy atom. The number of nitrogens with one attached hydrogen (secondary N) is 1. The van der Waals surface area contributed by atoms with Crippen LogP contribution in [-0.4, -0.2) is 24.7 Å². The first-order valence-electron chi connectivity index (χ1n) is 6.70. The van der Waals surface area contributed by atoms with Crippen molar-refractivity contribution in [1.29, 1.82) is 0 Å². The Kier molecular flexibility index (Phi) is 2.86. The summed E-state index contributed by atoms with van der Waals surface area (Å²) in [4.78, 5) is 12.2. The number of methoxy groups -OCH3 is 1. The van der Waals surface area contributed by atoms with Gasteiger partial charge in [0.1, 0.15) is 5.54 Å². The van der Waals surface area contributed by atoms with Crippen molar-refractivity contribution in [3.63, 3.8) is 0 Å². The van der Waals surface area contributed by atoms with Crippen LogP contribution in [-0.2, 0) is 9.53 Å². The fourth-order valence-corrected chi connectivity index (χ4v) is 3.30. The molecule has 0 unspecified atom stereocenters. The minimum Gasteiger partial charge on any atom is -0.467 e. The number of rotatable bonds is 1. The van der Waals surface area contributed by atoms with Crippen molar-refractivity contribution in [2.24, 2.45) is 0 Å². The van der Waals surface area contributed by atoms with Gasteiger partial charge in [0.05, 0.1) is 7.11 Å². The van der Waals surface area contributed by atoms with E-state index in [-0.39, 0.29) is 5.97 Å². The molecule has 3 heteroatoms. The number of allylic oxidation sites excluding steroid dienone is 2. The molecule has 3 rings (SSSR count). The van der Waals surface area contributed by atoms with Crippen molar-refractivity contribution in [3.8, 4) is 0 Å². The van der Waals surface area contributed by atoms with E-state index in [0.717, 1.165) is 18.4 Å². The van der Waals surface area contributed by atoms with Crippen molar-refractivity contribution >= 4 is 5.97 Å². The quantitative estimate of drug-likeness (QED) is 0.720. The first-order chi connectivity index (χ1) is 8.76. The first kappa shape index (κ1) is 11.7. The molecule has 1 aliphatic heterocycles. The van der Waals surface area contributed by atoms with E-state index in [9.17, 15) is 4.79 Å². The van der Waals surface area contributed by atoms with Crippen molar-refractivity contribution in [3.05, 3.63) is 35.5 Å². The Hall–Kier alpha value is -1.35. The van der Waals surface area contributed by atoms with Crippen molar-refractivity contribution in [2.45, 2.75) is 43.7 Å². The second-order valence-corrected chi connectivity index (χ2v) is 5.31. The zero-order chi connectivity index (χ0) is 12.6. The molecule has 0 spiro atoms. The van der Waals surface area contributed by atoms with Gasteiger partial charge in [0.2, 0.25) is 0 Å². The molecule has 0 radical (unpaired) electrons. The average molecular weight is 245 g/mol. The Balaban J connectivity index is 2.03. The molecule has 0 aromatic carbocycles. The number of carbonyl (C=O) groups excluding carboxylic acids is 1. The van der Waals surface area contributed by atoms with Gasteiger partial charge in [0.25, 0.3) is 0 Å². The van der Waals surface area contributed by atoms with E-state index in [2.05, 4.69) is 11.4 Å². The molecule has 2 atom stereocenters. The number of hydrogen-bond acceptors (Lipinski definition) is 3. The lowest BCUT2D eigenvalue weighted by Crippen LogP contribution is -2.60. The van der Waals surface area contributed by atoms with Gasteiger partial charge in [-0.2, -0.15) is 0 Å². The van der Waals surface area contributed by atoms with Crippen LogP contribution >= 0.6 is 0 Å². The van der Waals surface area contributed by atoms with E-state index >= 15 is 0 Å². The molecule has 2 aliphatic carbocycles. The molecule has 3 aliphatic rings. The predicted octanol–water partition coefficient (Wildman–Crippen LogP) is 2.26. The molecule has 3 nitrogen and oxygen atoms in total. The molecule has 0 bridgehead atoms. The molecule has 0 amide bonds. The molecule has 18 heavy (non-hydrogen) atoms. The monoisotopic (exact) mass is 245 g/mol. The lowest BCUT2D eigenvalue weighted by molar-refractivity contribution is -0.147. The van der Waals surface area contributed by atoms with Gasteiger partial charge in [0, 0.05) is 6.04 Å². The van der Waals surface area contributed by atoms with Crippen LogP contribution in [0, 0.1) is 0 Å². The smallest absolute Gasteiger partial charge is 0.331 e. The Morgan fingerprint density at radius 3 is 3.22 bits per heavy atom.